The first kappa shape index (κ1) is 37.3. The number of likely N-dealkylation sites (tertiary alicyclic amines) is 1. The van der Waals surface area contributed by atoms with E-state index in [9.17, 15) is 24.3 Å². The Morgan fingerprint density at radius 3 is 2.30 bits per heavy atom. The highest BCUT2D eigenvalue weighted by Gasteiger charge is 2.48. The highest BCUT2D eigenvalue weighted by atomic mass is 32.1. The van der Waals surface area contributed by atoms with E-state index in [2.05, 4.69) is 41.7 Å². The van der Waals surface area contributed by atoms with E-state index < -0.39 is 52.9 Å². The predicted octanol–water partition coefficient (Wildman–Crippen LogP) is 4.13. The van der Waals surface area contributed by atoms with E-state index in [1.807, 2.05) is 26.2 Å². The Labute approximate surface area is 284 Å². The molecule has 0 bridgehead atoms. The molecule has 1 aliphatic heterocycles. The molecule has 6 N–H and O–H groups in total. The van der Waals surface area contributed by atoms with Gasteiger partial charge < -0.3 is 26.8 Å². The second-order valence-electron chi connectivity index (χ2n) is 15.9. The molecule has 2 heterocycles. The Kier molecular flexibility index (Phi) is 12.5. The van der Waals surface area contributed by atoms with Crippen LogP contribution in [0.15, 0.2) is 11.6 Å². The quantitative estimate of drug-likeness (QED) is 0.185. The number of aliphatic hydroxyl groups excluding tert-OH is 1. The van der Waals surface area contributed by atoms with E-state index in [4.69, 9.17) is 5.73 Å². The lowest BCUT2D eigenvalue weighted by atomic mass is 9.79. The van der Waals surface area contributed by atoms with Crippen LogP contribution in [0.4, 0.5) is 4.79 Å². The summed E-state index contributed by atoms with van der Waals surface area (Å²) in [4.78, 5) is 58.7. The molecule has 0 spiro atoms. The highest BCUT2D eigenvalue weighted by molar-refractivity contribution is 7.09. The van der Waals surface area contributed by atoms with E-state index in [-0.39, 0.29) is 23.8 Å². The number of primary amides is 1. The van der Waals surface area contributed by atoms with Crippen molar-refractivity contribution in [2.75, 3.05) is 6.54 Å². The van der Waals surface area contributed by atoms with Gasteiger partial charge in [0.2, 0.25) is 11.7 Å². The van der Waals surface area contributed by atoms with Crippen LogP contribution < -0.4 is 21.7 Å². The number of thiazole rings is 1. The summed E-state index contributed by atoms with van der Waals surface area (Å²) >= 11 is 1.59. The molecule has 47 heavy (non-hydrogen) atoms. The summed E-state index contributed by atoms with van der Waals surface area (Å²) in [6.45, 7) is 12.8. The largest absolute Gasteiger partial charge is 0.376 e. The minimum absolute atomic E-state index is 0.107. The van der Waals surface area contributed by atoms with Crippen LogP contribution in [0, 0.1) is 29.1 Å². The number of nitrogens with zero attached hydrogens (tertiary/aromatic N) is 2. The van der Waals surface area contributed by atoms with Crippen LogP contribution in [-0.4, -0.2) is 75.1 Å². The molecule has 1 saturated heterocycles. The van der Waals surface area contributed by atoms with Gasteiger partial charge in [0.1, 0.15) is 6.23 Å². The number of ketones is 1. The van der Waals surface area contributed by atoms with E-state index in [1.54, 1.807) is 22.4 Å². The van der Waals surface area contributed by atoms with Crippen molar-refractivity contribution < 1.29 is 24.3 Å². The van der Waals surface area contributed by atoms with Crippen molar-refractivity contribution in [3.05, 3.63) is 16.6 Å². The molecule has 0 radical (unpaired) electrons. The number of urea groups is 1. The Hall–Kier alpha value is -2.57. The molecule has 4 rings (SSSR count). The first-order valence-corrected chi connectivity index (χ1v) is 18.5. The molecule has 1 aromatic rings. The lowest BCUT2D eigenvalue weighted by Gasteiger charge is -2.43. The third-order valence-corrected chi connectivity index (χ3v) is 11.9. The summed E-state index contributed by atoms with van der Waals surface area (Å²) in [5, 5.41) is 24.3. The van der Waals surface area contributed by atoms with Crippen LogP contribution in [0.1, 0.15) is 111 Å². The molecule has 6 atom stereocenters. The number of carbonyl (C=O) groups is 4. The minimum Gasteiger partial charge on any atom is -0.376 e. The van der Waals surface area contributed by atoms with E-state index in [0.29, 0.717) is 31.7 Å². The highest BCUT2D eigenvalue weighted by Crippen LogP contribution is 2.37. The summed E-state index contributed by atoms with van der Waals surface area (Å²) in [6, 6.07) is -2.80. The van der Waals surface area contributed by atoms with Gasteiger partial charge in [-0.15, -0.1) is 11.3 Å². The van der Waals surface area contributed by atoms with Crippen molar-refractivity contribution in [1.29, 1.82) is 0 Å². The molecule has 3 unspecified atom stereocenters. The zero-order valence-electron chi connectivity index (χ0n) is 29.2. The molecule has 11 nitrogen and oxygen atoms in total. The van der Waals surface area contributed by atoms with Gasteiger partial charge in [0.25, 0.3) is 5.91 Å². The normalized spacial score (nSPS) is 24.5. The maximum atomic E-state index is 14.0. The number of Topliss-reactive ketones (excluding diaryl/α,β-unsaturated/α-hetero) is 1. The number of aromatic nitrogens is 1. The van der Waals surface area contributed by atoms with Gasteiger partial charge in [-0.2, -0.15) is 0 Å². The first-order chi connectivity index (χ1) is 22.1. The third kappa shape index (κ3) is 9.53. The van der Waals surface area contributed by atoms with Crippen LogP contribution in [0.25, 0.3) is 0 Å². The number of nitrogens with one attached hydrogen (secondary N) is 3. The monoisotopic (exact) mass is 674 g/mol. The van der Waals surface area contributed by atoms with Gasteiger partial charge in [0.05, 0.1) is 23.1 Å². The fourth-order valence-corrected chi connectivity index (χ4v) is 8.42. The van der Waals surface area contributed by atoms with Crippen molar-refractivity contribution >= 4 is 35.0 Å². The standard InChI is InChI=1S/C35H58N6O5S/c1-21(2)22(3)24-18-26(31(44)38-25(28(42)30(36)43)17-23-11-10-12-23)41(20-24)32(45)29(34(4,5)6)39-33(46)40-35(13-8-7-9-14-35)19-27-37-15-16-47-27/h15-16,21-26,29,32,45H,7-14,17-20H2,1-6H3,(H2,36,43)(H,38,44)(H2,39,40,46)/t22?,24-,25?,26+,29-,32?/m1/s1. The average molecular weight is 675 g/mol. The fourth-order valence-electron chi connectivity index (χ4n) is 7.66. The Balaban J connectivity index is 1.55. The predicted molar refractivity (Wildman–Crippen MR) is 183 cm³/mol. The number of aliphatic hydroxyl groups is 1. The molecular formula is C35H58N6O5S. The lowest BCUT2D eigenvalue weighted by molar-refractivity contribution is -0.140. The van der Waals surface area contributed by atoms with Crippen molar-refractivity contribution in [3.8, 4) is 0 Å². The van der Waals surface area contributed by atoms with Gasteiger partial charge in [-0.05, 0) is 54.8 Å². The number of hydrogen-bond acceptors (Lipinski definition) is 8. The smallest absolute Gasteiger partial charge is 0.315 e. The van der Waals surface area contributed by atoms with E-state index >= 15 is 0 Å². The van der Waals surface area contributed by atoms with Gasteiger partial charge in [-0.25, -0.2) is 9.78 Å². The number of rotatable bonds is 14. The fraction of sp³-hybridized carbons (Fsp3) is 0.800. The number of hydrogen-bond donors (Lipinski definition) is 5. The third-order valence-electron chi connectivity index (χ3n) is 11.2. The molecule has 2 saturated carbocycles. The van der Waals surface area contributed by atoms with Crippen LogP contribution in [0.3, 0.4) is 0 Å². The molecule has 3 fully saturated rings. The molecule has 0 aromatic carbocycles. The molecule has 3 aliphatic rings. The van der Waals surface area contributed by atoms with Crippen molar-refractivity contribution in [3.63, 3.8) is 0 Å². The summed E-state index contributed by atoms with van der Waals surface area (Å²) in [5.41, 5.74) is 4.40. The maximum Gasteiger partial charge on any atom is 0.315 e. The second-order valence-corrected chi connectivity index (χ2v) is 16.9. The lowest BCUT2D eigenvalue weighted by Crippen LogP contribution is -2.64. The summed E-state index contributed by atoms with van der Waals surface area (Å²) in [6.07, 6.45) is 10.0. The molecule has 2 aliphatic carbocycles. The average Bonchev–Trinajstić information content (AvgIpc) is 3.66. The van der Waals surface area contributed by atoms with Crippen molar-refractivity contribution in [1.82, 2.24) is 25.8 Å². The van der Waals surface area contributed by atoms with Gasteiger partial charge in [-0.1, -0.05) is 80.1 Å². The number of nitrogens with two attached hydrogens (primary N) is 1. The molecule has 12 heteroatoms. The van der Waals surface area contributed by atoms with Crippen LogP contribution in [-0.2, 0) is 20.8 Å². The van der Waals surface area contributed by atoms with Crippen LogP contribution in [0.2, 0.25) is 0 Å². The SMILES string of the molecule is CC(C)C(C)[C@@H]1C[C@@H](C(=O)NC(CC2CCC2)C(=O)C(N)=O)N(C(O)[C@@H](NC(=O)NC2(Cc3nccs3)CCCCC2)C(C)(C)C)C1. The number of amides is 4. The van der Waals surface area contributed by atoms with Gasteiger partial charge in [0, 0.05) is 30.1 Å². The van der Waals surface area contributed by atoms with Crippen LogP contribution >= 0.6 is 11.3 Å². The Bertz CT molecular complexity index is 1220. The second kappa shape index (κ2) is 15.8. The van der Waals surface area contributed by atoms with Gasteiger partial charge >= 0.3 is 6.03 Å². The van der Waals surface area contributed by atoms with Crippen molar-refractivity contribution in [2.45, 2.75) is 142 Å². The summed E-state index contributed by atoms with van der Waals surface area (Å²) in [5.74, 6) is -1.25. The van der Waals surface area contributed by atoms with Crippen LogP contribution in [0.5, 0.6) is 0 Å². The zero-order valence-corrected chi connectivity index (χ0v) is 30.0. The Morgan fingerprint density at radius 2 is 1.77 bits per heavy atom. The van der Waals surface area contributed by atoms with Crippen molar-refractivity contribution in [2.24, 2.45) is 34.8 Å². The minimum atomic E-state index is -1.18. The summed E-state index contributed by atoms with van der Waals surface area (Å²) < 4.78 is 0. The molecule has 4 amide bonds. The molecular weight excluding hydrogens is 616 g/mol. The van der Waals surface area contributed by atoms with Gasteiger partial charge in [-0.3, -0.25) is 19.3 Å². The Morgan fingerprint density at radius 1 is 1.09 bits per heavy atom. The number of carbonyl (C=O) groups excluding carboxylic acids is 4. The topological polar surface area (TPSA) is 167 Å². The van der Waals surface area contributed by atoms with E-state index in [0.717, 1.165) is 56.4 Å². The van der Waals surface area contributed by atoms with Gasteiger partial charge in [0.15, 0.2) is 0 Å². The molecule has 1 aromatic heterocycles. The van der Waals surface area contributed by atoms with E-state index in [1.165, 1.54) is 0 Å². The zero-order chi connectivity index (χ0) is 34.5. The molecule has 264 valence electrons. The first-order valence-electron chi connectivity index (χ1n) is 17.6. The summed E-state index contributed by atoms with van der Waals surface area (Å²) in [7, 11) is 0. The maximum absolute atomic E-state index is 14.0.